The van der Waals surface area contributed by atoms with Gasteiger partial charge in [-0.2, -0.15) is 5.26 Å². The third-order valence-corrected chi connectivity index (χ3v) is 3.61. The summed E-state index contributed by atoms with van der Waals surface area (Å²) in [5.74, 6) is -0.129. The molecule has 1 atom stereocenters. The van der Waals surface area contributed by atoms with Crippen LogP contribution in [-0.4, -0.2) is 17.6 Å². The fourth-order valence-electron chi connectivity index (χ4n) is 2.31. The smallest absolute Gasteiger partial charge is 0.262 e. The van der Waals surface area contributed by atoms with Crippen molar-refractivity contribution in [3.8, 4) is 17.6 Å². The lowest BCUT2D eigenvalue weighted by Gasteiger charge is -2.13. The van der Waals surface area contributed by atoms with Crippen LogP contribution in [0.3, 0.4) is 0 Å². The standard InChI is InChI=1S/C20H20N2O3/c1-3-25-19-12-15(9-10-18(19)23)11-17(13-21)20(24)22-14(2)16-7-5-4-6-8-16/h4-12,14,23H,3H2,1-2H3,(H,22,24)/b17-11-/t14-/m1/s1. The SMILES string of the molecule is CCOc1cc(/C=C(/C#N)C(=O)N[C@H](C)c2ccccc2)ccc1O. The van der Waals surface area contributed by atoms with Crippen molar-refractivity contribution >= 4 is 12.0 Å². The van der Waals surface area contributed by atoms with Crippen molar-refractivity contribution in [1.82, 2.24) is 5.32 Å². The summed E-state index contributed by atoms with van der Waals surface area (Å²) in [5.41, 5.74) is 1.53. The van der Waals surface area contributed by atoms with Crippen LogP contribution in [0.15, 0.2) is 54.1 Å². The van der Waals surface area contributed by atoms with E-state index in [1.807, 2.05) is 43.3 Å². The molecule has 0 saturated carbocycles. The van der Waals surface area contributed by atoms with E-state index in [0.29, 0.717) is 17.9 Å². The lowest BCUT2D eigenvalue weighted by molar-refractivity contribution is -0.117. The Kier molecular flexibility index (Phi) is 6.19. The highest BCUT2D eigenvalue weighted by Crippen LogP contribution is 2.27. The fourth-order valence-corrected chi connectivity index (χ4v) is 2.31. The molecule has 0 aliphatic heterocycles. The molecule has 1 amide bonds. The minimum absolute atomic E-state index is 0.0136. The van der Waals surface area contributed by atoms with Gasteiger partial charge in [0.15, 0.2) is 11.5 Å². The maximum absolute atomic E-state index is 12.4. The van der Waals surface area contributed by atoms with Crippen molar-refractivity contribution in [2.45, 2.75) is 19.9 Å². The first-order valence-electron chi connectivity index (χ1n) is 7.98. The zero-order valence-electron chi connectivity index (χ0n) is 14.2. The van der Waals surface area contributed by atoms with Crippen LogP contribution in [0, 0.1) is 11.3 Å². The first-order chi connectivity index (χ1) is 12.0. The third kappa shape index (κ3) is 4.85. The molecular formula is C20H20N2O3. The molecule has 0 aliphatic rings. The van der Waals surface area contributed by atoms with Gasteiger partial charge in [-0.15, -0.1) is 0 Å². The summed E-state index contributed by atoms with van der Waals surface area (Å²) in [4.78, 5) is 12.4. The average molecular weight is 336 g/mol. The molecule has 2 rings (SSSR count). The first-order valence-corrected chi connectivity index (χ1v) is 7.98. The normalized spacial score (nSPS) is 12.1. The number of carbonyl (C=O) groups excluding carboxylic acids is 1. The van der Waals surface area contributed by atoms with E-state index in [-0.39, 0.29) is 17.4 Å². The first kappa shape index (κ1) is 18.1. The molecule has 0 saturated heterocycles. The van der Waals surface area contributed by atoms with Gasteiger partial charge in [-0.25, -0.2) is 0 Å². The van der Waals surface area contributed by atoms with Gasteiger partial charge in [0.05, 0.1) is 12.6 Å². The topological polar surface area (TPSA) is 82.3 Å². The van der Waals surface area contributed by atoms with E-state index >= 15 is 0 Å². The van der Waals surface area contributed by atoms with Crippen LogP contribution >= 0.6 is 0 Å². The monoisotopic (exact) mass is 336 g/mol. The molecule has 128 valence electrons. The van der Waals surface area contributed by atoms with E-state index in [9.17, 15) is 15.2 Å². The van der Waals surface area contributed by atoms with Gasteiger partial charge in [0, 0.05) is 0 Å². The Labute approximate surface area is 147 Å². The molecule has 2 aromatic carbocycles. The Bertz CT molecular complexity index is 807. The molecule has 2 N–H and O–H groups in total. The molecule has 2 aromatic rings. The number of amides is 1. The molecule has 0 radical (unpaired) electrons. The molecule has 0 heterocycles. The fraction of sp³-hybridized carbons (Fsp3) is 0.200. The van der Waals surface area contributed by atoms with Gasteiger partial charge in [0.2, 0.25) is 0 Å². The van der Waals surface area contributed by atoms with Gasteiger partial charge in [0.25, 0.3) is 5.91 Å². The molecule has 5 heteroatoms. The average Bonchev–Trinajstić information content (AvgIpc) is 2.63. The summed E-state index contributed by atoms with van der Waals surface area (Å²) in [6.45, 7) is 4.07. The van der Waals surface area contributed by atoms with E-state index in [0.717, 1.165) is 5.56 Å². The van der Waals surface area contributed by atoms with Gasteiger partial charge < -0.3 is 15.2 Å². The number of hydrogen-bond donors (Lipinski definition) is 2. The van der Waals surface area contributed by atoms with E-state index < -0.39 is 5.91 Å². The van der Waals surface area contributed by atoms with Crippen molar-refractivity contribution in [3.63, 3.8) is 0 Å². The maximum Gasteiger partial charge on any atom is 0.262 e. The molecule has 0 fully saturated rings. The Morgan fingerprint density at radius 2 is 2.04 bits per heavy atom. The summed E-state index contributed by atoms with van der Waals surface area (Å²) in [7, 11) is 0. The number of ether oxygens (including phenoxy) is 1. The molecular weight excluding hydrogens is 316 g/mol. The second-order valence-corrected chi connectivity index (χ2v) is 5.44. The lowest BCUT2D eigenvalue weighted by Crippen LogP contribution is -2.27. The predicted octanol–water partition coefficient (Wildman–Crippen LogP) is 3.58. The number of aromatic hydroxyl groups is 1. The number of benzene rings is 2. The number of nitriles is 1. The predicted molar refractivity (Wildman–Crippen MR) is 95.9 cm³/mol. The van der Waals surface area contributed by atoms with Crippen LogP contribution in [0.5, 0.6) is 11.5 Å². The molecule has 5 nitrogen and oxygen atoms in total. The van der Waals surface area contributed by atoms with E-state index in [1.54, 1.807) is 19.1 Å². The zero-order valence-corrected chi connectivity index (χ0v) is 14.2. The minimum atomic E-state index is -0.454. The van der Waals surface area contributed by atoms with Gasteiger partial charge in [0.1, 0.15) is 11.6 Å². The summed E-state index contributed by atoms with van der Waals surface area (Å²) < 4.78 is 5.31. The minimum Gasteiger partial charge on any atom is -0.504 e. The number of carbonyl (C=O) groups is 1. The van der Waals surface area contributed by atoms with Gasteiger partial charge >= 0.3 is 0 Å². The number of nitrogens with one attached hydrogen (secondary N) is 1. The summed E-state index contributed by atoms with van der Waals surface area (Å²) in [6.07, 6.45) is 1.47. The van der Waals surface area contributed by atoms with Crippen molar-refractivity contribution in [2.24, 2.45) is 0 Å². The largest absolute Gasteiger partial charge is 0.504 e. The quantitative estimate of drug-likeness (QED) is 0.624. The van der Waals surface area contributed by atoms with Gasteiger partial charge in [-0.3, -0.25) is 4.79 Å². The van der Waals surface area contributed by atoms with E-state index in [4.69, 9.17) is 4.74 Å². The Balaban J connectivity index is 2.18. The lowest BCUT2D eigenvalue weighted by atomic mass is 10.1. The van der Waals surface area contributed by atoms with Crippen molar-refractivity contribution in [2.75, 3.05) is 6.61 Å². The maximum atomic E-state index is 12.4. The second-order valence-electron chi connectivity index (χ2n) is 5.44. The highest BCUT2D eigenvalue weighted by atomic mass is 16.5. The number of rotatable bonds is 6. The van der Waals surface area contributed by atoms with E-state index in [2.05, 4.69) is 5.32 Å². The van der Waals surface area contributed by atoms with Crippen molar-refractivity contribution in [1.29, 1.82) is 5.26 Å². The van der Waals surface area contributed by atoms with Crippen LogP contribution in [0.25, 0.3) is 6.08 Å². The van der Waals surface area contributed by atoms with E-state index in [1.165, 1.54) is 12.1 Å². The number of hydrogen-bond acceptors (Lipinski definition) is 4. The Hall–Kier alpha value is -3.26. The molecule has 0 aromatic heterocycles. The number of phenols is 1. The number of nitrogens with zero attached hydrogens (tertiary/aromatic N) is 1. The van der Waals surface area contributed by atoms with Crippen LogP contribution < -0.4 is 10.1 Å². The summed E-state index contributed by atoms with van der Waals surface area (Å²) in [6, 6.07) is 15.9. The van der Waals surface area contributed by atoms with Crippen molar-refractivity contribution in [3.05, 3.63) is 65.2 Å². The molecule has 25 heavy (non-hydrogen) atoms. The van der Waals surface area contributed by atoms with Gasteiger partial charge in [-0.1, -0.05) is 36.4 Å². The molecule has 0 aliphatic carbocycles. The summed E-state index contributed by atoms with van der Waals surface area (Å²) in [5, 5.41) is 21.8. The molecule has 0 spiro atoms. The van der Waals surface area contributed by atoms with Crippen LogP contribution in [0.4, 0.5) is 0 Å². The van der Waals surface area contributed by atoms with Crippen LogP contribution in [-0.2, 0) is 4.79 Å². The highest BCUT2D eigenvalue weighted by Gasteiger charge is 2.14. The third-order valence-electron chi connectivity index (χ3n) is 3.61. The molecule has 0 bridgehead atoms. The zero-order chi connectivity index (χ0) is 18.2. The van der Waals surface area contributed by atoms with Crippen molar-refractivity contribution < 1.29 is 14.6 Å². The summed E-state index contributed by atoms with van der Waals surface area (Å²) >= 11 is 0. The second kappa shape index (κ2) is 8.55. The van der Waals surface area contributed by atoms with Gasteiger partial charge in [-0.05, 0) is 43.2 Å². The molecule has 0 unspecified atom stereocenters. The highest BCUT2D eigenvalue weighted by molar-refractivity contribution is 6.01. The van der Waals surface area contributed by atoms with Crippen LogP contribution in [0.1, 0.15) is 31.0 Å². The Morgan fingerprint density at radius 3 is 2.68 bits per heavy atom. The Morgan fingerprint density at radius 1 is 1.32 bits per heavy atom. The number of phenolic OH excluding ortho intramolecular Hbond substituents is 1. The van der Waals surface area contributed by atoms with Crippen LogP contribution in [0.2, 0.25) is 0 Å².